The number of aryl methyl sites for hydroxylation is 2. The fraction of sp³-hybridized carbons (Fsp3) is 0.364. The molecule has 1 aliphatic rings. The van der Waals surface area contributed by atoms with E-state index in [2.05, 4.69) is 19.2 Å². The molecule has 2 aromatic rings. The van der Waals surface area contributed by atoms with Crippen LogP contribution in [0.15, 0.2) is 42.5 Å². The van der Waals surface area contributed by atoms with Gasteiger partial charge in [-0.25, -0.2) is 0 Å². The standard InChI is InChI=1S/C22H26N2O2/c1-15(2)12-13-24-20-10-9-18(14-17(20)8-11-21(24)25)23-22(26)19-7-5-4-6-16(19)3/h4-7,9-10,14-15H,8,11-13H2,1-3H3,(H,23,26). The predicted molar refractivity (Wildman–Crippen MR) is 106 cm³/mol. The zero-order valence-corrected chi connectivity index (χ0v) is 15.7. The molecule has 2 aromatic carbocycles. The summed E-state index contributed by atoms with van der Waals surface area (Å²) in [4.78, 5) is 26.7. The predicted octanol–water partition coefficient (Wildman–Crippen LogP) is 4.57. The lowest BCUT2D eigenvalue weighted by atomic mass is 9.99. The zero-order chi connectivity index (χ0) is 18.7. The van der Waals surface area contributed by atoms with Gasteiger partial charge in [0, 0.05) is 29.9 Å². The van der Waals surface area contributed by atoms with E-state index >= 15 is 0 Å². The first-order chi connectivity index (χ1) is 12.5. The lowest BCUT2D eigenvalue weighted by Gasteiger charge is -2.30. The van der Waals surface area contributed by atoms with Crippen LogP contribution in [0.25, 0.3) is 0 Å². The fourth-order valence-electron chi connectivity index (χ4n) is 3.30. The smallest absolute Gasteiger partial charge is 0.255 e. The Kier molecular flexibility index (Phi) is 5.40. The maximum Gasteiger partial charge on any atom is 0.255 e. The van der Waals surface area contributed by atoms with Crippen molar-refractivity contribution in [2.75, 3.05) is 16.8 Å². The highest BCUT2D eigenvalue weighted by Crippen LogP contribution is 2.31. The van der Waals surface area contributed by atoms with Crippen LogP contribution in [0.5, 0.6) is 0 Å². The molecule has 2 amide bonds. The van der Waals surface area contributed by atoms with Gasteiger partial charge in [-0.3, -0.25) is 9.59 Å². The second-order valence-corrected chi connectivity index (χ2v) is 7.34. The highest BCUT2D eigenvalue weighted by atomic mass is 16.2. The third-order valence-electron chi connectivity index (χ3n) is 4.86. The Morgan fingerprint density at radius 2 is 1.92 bits per heavy atom. The molecule has 0 fully saturated rings. The van der Waals surface area contributed by atoms with Gasteiger partial charge in [-0.2, -0.15) is 0 Å². The molecule has 0 radical (unpaired) electrons. The van der Waals surface area contributed by atoms with E-state index in [1.807, 2.05) is 54.3 Å². The molecule has 0 unspecified atom stereocenters. The summed E-state index contributed by atoms with van der Waals surface area (Å²) >= 11 is 0. The van der Waals surface area contributed by atoms with Gasteiger partial charge in [0.15, 0.2) is 0 Å². The first-order valence-electron chi connectivity index (χ1n) is 9.26. The Bertz CT molecular complexity index is 827. The van der Waals surface area contributed by atoms with Crippen molar-refractivity contribution >= 4 is 23.2 Å². The Morgan fingerprint density at radius 3 is 2.65 bits per heavy atom. The van der Waals surface area contributed by atoms with E-state index in [4.69, 9.17) is 0 Å². The quantitative estimate of drug-likeness (QED) is 0.858. The Labute approximate surface area is 155 Å². The molecule has 1 N–H and O–H groups in total. The van der Waals surface area contributed by atoms with Crippen molar-refractivity contribution in [1.82, 2.24) is 0 Å². The van der Waals surface area contributed by atoms with Crippen LogP contribution >= 0.6 is 0 Å². The highest BCUT2D eigenvalue weighted by molar-refractivity contribution is 6.05. The fourth-order valence-corrected chi connectivity index (χ4v) is 3.30. The molecular weight excluding hydrogens is 324 g/mol. The molecule has 0 aliphatic carbocycles. The topological polar surface area (TPSA) is 49.4 Å². The summed E-state index contributed by atoms with van der Waals surface area (Å²) in [5.41, 5.74) is 4.51. The molecule has 4 nitrogen and oxygen atoms in total. The van der Waals surface area contributed by atoms with Crippen molar-refractivity contribution in [3.63, 3.8) is 0 Å². The molecule has 136 valence electrons. The number of carbonyl (C=O) groups excluding carboxylic acids is 2. The minimum atomic E-state index is -0.105. The number of hydrogen-bond acceptors (Lipinski definition) is 2. The van der Waals surface area contributed by atoms with Gasteiger partial charge in [0.05, 0.1) is 0 Å². The van der Waals surface area contributed by atoms with Gasteiger partial charge in [-0.05, 0) is 61.1 Å². The molecule has 0 saturated carbocycles. The van der Waals surface area contributed by atoms with Gasteiger partial charge in [-0.15, -0.1) is 0 Å². The van der Waals surface area contributed by atoms with E-state index < -0.39 is 0 Å². The molecule has 0 atom stereocenters. The van der Waals surface area contributed by atoms with Gasteiger partial charge >= 0.3 is 0 Å². The molecule has 26 heavy (non-hydrogen) atoms. The molecule has 0 bridgehead atoms. The van der Waals surface area contributed by atoms with Crippen molar-refractivity contribution in [3.8, 4) is 0 Å². The SMILES string of the molecule is Cc1ccccc1C(=O)Nc1ccc2c(c1)CCC(=O)N2CCC(C)C. The number of nitrogens with one attached hydrogen (secondary N) is 1. The summed E-state index contributed by atoms with van der Waals surface area (Å²) in [6, 6.07) is 13.4. The first-order valence-corrected chi connectivity index (χ1v) is 9.26. The lowest BCUT2D eigenvalue weighted by molar-refractivity contribution is -0.118. The minimum absolute atomic E-state index is 0.105. The lowest BCUT2D eigenvalue weighted by Crippen LogP contribution is -2.36. The summed E-state index contributed by atoms with van der Waals surface area (Å²) in [6.45, 7) is 7.01. The molecule has 1 aliphatic heterocycles. The van der Waals surface area contributed by atoms with Gasteiger partial charge in [0.2, 0.25) is 5.91 Å². The monoisotopic (exact) mass is 350 g/mol. The van der Waals surface area contributed by atoms with E-state index in [1.54, 1.807) is 0 Å². The van der Waals surface area contributed by atoms with Crippen molar-refractivity contribution in [2.45, 2.75) is 40.0 Å². The van der Waals surface area contributed by atoms with E-state index in [-0.39, 0.29) is 11.8 Å². The maximum absolute atomic E-state index is 12.5. The van der Waals surface area contributed by atoms with Crippen LogP contribution in [0.2, 0.25) is 0 Å². The molecule has 0 aromatic heterocycles. The largest absolute Gasteiger partial charge is 0.322 e. The van der Waals surface area contributed by atoms with Gasteiger partial charge < -0.3 is 10.2 Å². The average Bonchev–Trinajstić information content (AvgIpc) is 2.61. The van der Waals surface area contributed by atoms with Gasteiger partial charge in [0.1, 0.15) is 0 Å². The van der Waals surface area contributed by atoms with Crippen LogP contribution in [-0.2, 0) is 11.2 Å². The van der Waals surface area contributed by atoms with Gasteiger partial charge in [-0.1, -0.05) is 32.0 Å². The van der Waals surface area contributed by atoms with Crippen molar-refractivity contribution in [1.29, 1.82) is 0 Å². The first kappa shape index (κ1) is 18.2. The van der Waals surface area contributed by atoms with E-state index in [9.17, 15) is 9.59 Å². The number of nitrogens with zero attached hydrogens (tertiary/aromatic N) is 1. The number of benzene rings is 2. The van der Waals surface area contributed by atoms with Crippen LogP contribution in [0.3, 0.4) is 0 Å². The maximum atomic E-state index is 12.5. The molecule has 0 spiro atoms. The molecule has 4 heteroatoms. The zero-order valence-electron chi connectivity index (χ0n) is 15.7. The number of carbonyl (C=O) groups is 2. The Balaban J connectivity index is 1.79. The van der Waals surface area contributed by atoms with Crippen molar-refractivity contribution < 1.29 is 9.59 Å². The number of amides is 2. The van der Waals surface area contributed by atoms with Crippen LogP contribution < -0.4 is 10.2 Å². The summed E-state index contributed by atoms with van der Waals surface area (Å²) < 4.78 is 0. The summed E-state index contributed by atoms with van der Waals surface area (Å²) in [5, 5.41) is 2.98. The molecule has 0 saturated heterocycles. The second kappa shape index (κ2) is 7.73. The van der Waals surface area contributed by atoms with Crippen molar-refractivity contribution in [2.24, 2.45) is 5.92 Å². The molecule has 3 rings (SSSR count). The summed E-state index contributed by atoms with van der Waals surface area (Å²) in [5.74, 6) is 0.641. The third-order valence-corrected chi connectivity index (χ3v) is 4.86. The van der Waals surface area contributed by atoms with Crippen molar-refractivity contribution in [3.05, 3.63) is 59.2 Å². The molecular formula is C22H26N2O2. The summed E-state index contributed by atoms with van der Waals surface area (Å²) in [7, 11) is 0. The number of fused-ring (bicyclic) bond motifs is 1. The van der Waals surface area contributed by atoms with Crippen LogP contribution in [0.1, 0.15) is 48.2 Å². The normalized spacial score (nSPS) is 13.7. The van der Waals surface area contributed by atoms with Crippen LogP contribution in [-0.4, -0.2) is 18.4 Å². The minimum Gasteiger partial charge on any atom is -0.322 e. The van der Waals surface area contributed by atoms with Gasteiger partial charge in [0.25, 0.3) is 5.91 Å². The van der Waals surface area contributed by atoms with Crippen LogP contribution in [0, 0.1) is 12.8 Å². The highest BCUT2D eigenvalue weighted by Gasteiger charge is 2.24. The van der Waals surface area contributed by atoms with Crippen LogP contribution in [0.4, 0.5) is 11.4 Å². The average molecular weight is 350 g/mol. The van der Waals surface area contributed by atoms with E-state index in [0.717, 1.165) is 41.9 Å². The number of hydrogen-bond donors (Lipinski definition) is 1. The second-order valence-electron chi connectivity index (χ2n) is 7.34. The Hall–Kier alpha value is -2.62. The summed E-state index contributed by atoms with van der Waals surface area (Å²) in [6.07, 6.45) is 2.23. The third kappa shape index (κ3) is 3.96. The number of anilines is 2. The van der Waals surface area contributed by atoms with E-state index in [1.165, 1.54) is 0 Å². The Morgan fingerprint density at radius 1 is 1.15 bits per heavy atom. The molecule has 1 heterocycles. The number of rotatable bonds is 5. The van der Waals surface area contributed by atoms with E-state index in [0.29, 0.717) is 17.9 Å².